The van der Waals surface area contributed by atoms with Gasteiger partial charge in [0.25, 0.3) is 5.91 Å². The minimum Gasteiger partial charge on any atom is -0.356 e. The van der Waals surface area contributed by atoms with Gasteiger partial charge in [-0.05, 0) is 48.3 Å². The van der Waals surface area contributed by atoms with Crippen LogP contribution in [0.25, 0.3) is 10.9 Å². The number of nitrogens with one attached hydrogen (secondary N) is 3. The van der Waals surface area contributed by atoms with E-state index in [1.807, 2.05) is 0 Å². The Hall–Kier alpha value is -3.67. The highest BCUT2D eigenvalue weighted by Gasteiger charge is 2.69. The number of hydrogen-bond acceptors (Lipinski definition) is 5. The van der Waals surface area contributed by atoms with Gasteiger partial charge >= 0.3 is 0 Å². The van der Waals surface area contributed by atoms with E-state index in [1.54, 1.807) is 29.2 Å². The van der Waals surface area contributed by atoms with Crippen LogP contribution in [0.1, 0.15) is 42.7 Å². The Morgan fingerprint density at radius 3 is 2.82 bits per heavy atom. The van der Waals surface area contributed by atoms with Gasteiger partial charge in [-0.1, -0.05) is 19.9 Å². The minimum atomic E-state index is -0.781. The van der Waals surface area contributed by atoms with Crippen LogP contribution in [0, 0.1) is 34.5 Å². The van der Waals surface area contributed by atoms with Gasteiger partial charge in [0.15, 0.2) is 0 Å². The third-order valence-electron chi connectivity index (χ3n) is 7.91. The van der Waals surface area contributed by atoms with Crippen LogP contribution in [-0.4, -0.2) is 59.1 Å². The quantitative estimate of drug-likeness (QED) is 0.558. The Labute approximate surface area is 196 Å². The van der Waals surface area contributed by atoms with Crippen molar-refractivity contribution in [2.75, 3.05) is 13.1 Å². The average Bonchev–Trinajstić information content (AvgIpc) is 3.32. The first-order valence-corrected chi connectivity index (χ1v) is 11.6. The highest BCUT2D eigenvalue weighted by Crippen LogP contribution is 2.65. The maximum Gasteiger partial charge on any atom is 0.271 e. The van der Waals surface area contributed by atoms with Crippen molar-refractivity contribution in [3.63, 3.8) is 0 Å². The maximum atomic E-state index is 13.5. The third kappa shape index (κ3) is 3.54. The van der Waals surface area contributed by atoms with Gasteiger partial charge in [0.05, 0.1) is 17.7 Å². The van der Waals surface area contributed by atoms with Crippen molar-refractivity contribution in [3.8, 4) is 6.07 Å². The van der Waals surface area contributed by atoms with Crippen LogP contribution in [0.2, 0.25) is 0 Å². The molecule has 3 N–H and O–H groups in total. The molecule has 1 aromatic carbocycles. The van der Waals surface area contributed by atoms with Crippen LogP contribution >= 0.6 is 0 Å². The molecule has 34 heavy (non-hydrogen) atoms. The largest absolute Gasteiger partial charge is 0.356 e. The van der Waals surface area contributed by atoms with Crippen LogP contribution < -0.4 is 10.6 Å². The second-order valence-electron chi connectivity index (χ2n) is 10.2. The molecular weight excluding hydrogens is 434 g/mol. The number of rotatable bonds is 6. The van der Waals surface area contributed by atoms with Crippen molar-refractivity contribution in [1.82, 2.24) is 20.5 Å². The SMILES string of the molecule is CC1(C)[C@@H]2[C@@H](C(=O)N[C@H](C=O)C[C@@H]3CCNC3=O)N(C(=O)c3cc4ccc(C#N)cc4[nH]3)C[C@@H]21. The van der Waals surface area contributed by atoms with Crippen LogP contribution in [0.15, 0.2) is 24.3 Å². The topological polar surface area (TPSA) is 135 Å². The molecule has 5 rings (SSSR count). The van der Waals surface area contributed by atoms with Gasteiger partial charge in [-0.3, -0.25) is 14.4 Å². The van der Waals surface area contributed by atoms with E-state index < -0.39 is 12.1 Å². The number of hydrogen-bond donors (Lipinski definition) is 3. The Bertz CT molecular complexity index is 1240. The fourth-order valence-corrected chi connectivity index (χ4v) is 5.86. The summed E-state index contributed by atoms with van der Waals surface area (Å²) in [5.74, 6) is -0.822. The van der Waals surface area contributed by atoms with E-state index >= 15 is 0 Å². The zero-order valence-electron chi connectivity index (χ0n) is 19.1. The number of aromatic amines is 1. The molecule has 2 aromatic rings. The highest BCUT2D eigenvalue weighted by atomic mass is 16.2. The molecule has 1 aliphatic carbocycles. The maximum absolute atomic E-state index is 13.5. The Balaban J connectivity index is 1.36. The number of nitrogens with zero attached hydrogens (tertiary/aromatic N) is 2. The molecule has 0 spiro atoms. The molecule has 2 aliphatic heterocycles. The van der Waals surface area contributed by atoms with Crippen molar-refractivity contribution in [2.45, 2.75) is 38.8 Å². The number of nitriles is 1. The molecule has 2 saturated heterocycles. The molecular formula is C25H27N5O4. The number of aromatic nitrogens is 1. The number of amides is 3. The number of carbonyl (C=O) groups excluding carboxylic acids is 4. The molecule has 9 nitrogen and oxygen atoms in total. The molecule has 1 aromatic heterocycles. The lowest BCUT2D eigenvalue weighted by Gasteiger charge is -2.30. The van der Waals surface area contributed by atoms with Crippen molar-refractivity contribution >= 4 is 34.9 Å². The number of benzene rings is 1. The third-order valence-corrected chi connectivity index (χ3v) is 7.91. The lowest BCUT2D eigenvalue weighted by molar-refractivity contribution is -0.129. The van der Waals surface area contributed by atoms with E-state index in [4.69, 9.17) is 5.26 Å². The second kappa shape index (κ2) is 7.97. The van der Waals surface area contributed by atoms with E-state index in [9.17, 15) is 19.2 Å². The molecule has 0 bridgehead atoms. The number of carbonyl (C=O) groups is 4. The molecule has 9 heteroatoms. The van der Waals surface area contributed by atoms with Gasteiger partial charge < -0.3 is 25.3 Å². The normalized spacial score (nSPS) is 27.6. The first-order valence-electron chi connectivity index (χ1n) is 11.6. The van der Waals surface area contributed by atoms with E-state index in [0.29, 0.717) is 42.6 Å². The summed E-state index contributed by atoms with van der Waals surface area (Å²) in [5.41, 5.74) is 1.47. The Morgan fingerprint density at radius 1 is 1.35 bits per heavy atom. The number of aldehydes is 1. The van der Waals surface area contributed by atoms with Crippen LogP contribution in [-0.2, 0) is 14.4 Å². The molecule has 3 heterocycles. The van der Waals surface area contributed by atoms with E-state index in [0.717, 1.165) is 5.39 Å². The highest BCUT2D eigenvalue weighted by molar-refractivity contribution is 6.01. The molecule has 1 saturated carbocycles. The Morgan fingerprint density at radius 2 is 2.15 bits per heavy atom. The summed E-state index contributed by atoms with van der Waals surface area (Å²) in [5, 5.41) is 15.5. The molecule has 0 radical (unpaired) electrons. The minimum absolute atomic E-state index is 0.00750. The van der Waals surface area contributed by atoms with Gasteiger partial charge in [0, 0.05) is 29.9 Å². The van der Waals surface area contributed by atoms with Gasteiger partial charge in [0.2, 0.25) is 11.8 Å². The lowest BCUT2D eigenvalue weighted by atomic mass is 9.97. The monoisotopic (exact) mass is 461 g/mol. The lowest BCUT2D eigenvalue weighted by Crippen LogP contribution is -2.52. The molecule has 0 unspecified atom stereocenters. The number of likely N-dealkylation sites (tertiary alicyclic amines) is 1. The van der Waals surface area contributed by atoms with E-state index in [1.165, 1.54) is 0 Å². The fourth-order valence-electron chi connectivity index (χ4n) is 5.86. The van der Waals surface area contributed by atoms with E-state index in [-0.39, 0.29) is 47.3 Å². The predicted molar refractivity (Wildman–Crippen MR) is 122 cm³/mol. The molecule has 5 atom stereocenters. The average molecular weight is 462 g/mol. The molecule has 3 aliphatic rings. The first-order chi connectivity index (χ1) is 16.2. The van der Waals surface area contributed by atoms with Gasteiger partial charge in [-0.2, -0.15) is 5.26 Å². The van der Waals surface area contributed by atoms with Crippen molar-refractivity contribution in [1.29, 1.82) is 5.26 Å². The number of fused-ring (bicyclic) bond motifs is 2. The molecule has 3 fully saturated rings. The predicted octanol–water partition coefficient (Wildman–Crippen LogP) is 1.35. The zero-order chi connectivity index (χ0) is 24.2. The molecule has 176 valence electrons. The van der Waals surface area contributed by atoms with Gasteiger partial charge in [0.1, 0.15) is 18.0 Å². The van der Waals surface area contributed by atoms with Crippen LogP contribution in [0.4, 0.5) is 0 Å². The summed E-state index contributed by atoms with van der Waals surface area (Å²) < 4.78 is 0. The van der Waals surface area contributed by atoms with Gasteiger partial charge in [-0.25, -0.2) is 0 Å². The summed E-state index contributed by atoms with van der Waals surface area (Å²) in [6, 6.07) is 7.51. The molecule has 3 amide bonds. The smallest absolute Gasteiger partial charge is 0.271 e. The number of H-pyrrole nitrogens is 1. The summed E-state index contributed by atoms with van der Waals surface area (Å²) >= 11 is 0. The van der Waals surface area contributed by atoms with Crippen molar-refractivity contribution < 1.29 is 19.2 Å². The summed E-state index contributed by atoms with van der Waals surface area (Å²) in [7, 11) is 0. The number of piperidine rings is 1. The summed E-state index contributed by atoms with van der Waals surface area (Å²) in [4.78, 5) is 55.1. The second-order valence-corrected chi connectivity index (χ2v) is 10.2. The van der Waals surface area contributed by atoms with Crippen molar-refractivity contribution in [3.05, 3.63) is 35.5 Å². The Kier molecular flexibility index (Phi) is 5.19. The summed E-state index contributed by atoms with van der Waals surface area (Å²) in [6.45, 7) is 5.23. The first kappa shape index (κ1) is 22.1. The van der Waals surface area contributed by atoms with Crippen molar-refractivity contribution in [2.24, 2.45) is 23.2 Å². The zero-order valence-corrected chi connectivity index (χ0v) is 19.1. The summed E-state index contributed by atoms with van der Waals surface area (Å²) in [6.07, 6.45) is 1.56. The standard InChI is InChI=1S/C25H27N5O4/c1-25(2)17-11-30(24(34)19-9-14-4-3-13(10-26)7-18(14)29-19)21(20(17)25)23(33)28-16(12-31)8-15-5-6-27-22(15)32/h3-4,7,9,12,15-17,20-21,29H,5-6,8,11H2,1-2H3,(H,27,32)(H,28,33)/t15-,16-,17-,20-,21-/m0/s1. The fraction of sp³-hybridized carbons (Fsp3) is 0.480. The van der Waals surface area contributed by atoms with Crippen LogP contribution in [0.3, 0.4) is 0 Å². The van der Waals surface area contributed by atoms with Gasteiger partial charge in [-0.15, -0.1) is 0 Å². The van der Waals surface area contributed by atoms with E-state index in [2.05, 4.69) is 35.5 Å². The van der Waals surface area contributed by atoms with Crippen LogP contribution in [0.5, 0.6) is 0 Å².